The fraction of sp³-hybridized carbons (Fsp3) is 0.280. The van der Waals surface area contributed by atoms with Gasteiger partial charge in [0.2, 0.25) is 5.91 Å². The Morgan fingerprint density at radius 2 is 1.59 bits per heavy atom. The van der Waals surface area contributed by atoms with Crippen LogP contribution in [-0.4, -0.2) is 18.0 Å². The van der Waals surface area contributed by atoms with E-state index in [-0.39, 0.29) is 18.0 Å². The third-order valence-electron chi connectivity index (χ3n) is 5.46. The predicted octanol–water partition coefficient (Wildman–Crippen LogP) is 5.51. The van der Waals surface area contributed by atoms with E-state index in [0.717, 1.165) is 42.0 Å². The number of rotatable bonds is 5. The predicted molar refractivity (Wildman–Crippen MR) is 115 cm³/mol. The first kappa shape index (κ1) is 19.2. The lowest BCUT2D eigenvalue weighted by molar-refractivity contribution is -0.115. The number of amides is 1. The molecule has 0 spiro atoms. The number of hydrogen-bond acceptors (Lipinski definition) is 3. The van der Waals surface area contributed by atoms with Crippen LogP contribution in [0.5, 0.6) is 0 Å². The second-order valence-electron chi connectivity index (χ2n) is 7.61. The summed E-state index contributed by atoms with van der Waals surface area (Å²) in [4.78, 5) is 24.8. The molecule has 1 aliphatic rings. The van der Waals surface area contributed by atoms with Crippen LogP contribution >= 0.6 is 0 Å². The molecule has 1 saturated carbocycles. The molecule has 0 unspecified atom stereocenters. The Labute approximate surface area is 170 Å². The van der Waals surface area contributed by atoms with Crippen LogP contribution in [0.15, 0.2) is 66.7 Å². The molecule has 0 aromatic heterocycles. The number of nitrogens with one attached hydrogen (secondary N) is 1. The Bertz CT molecular complexity index is 999. The van der Waals surface area contributed by atoms with E-state index in [1.807, 2.05) is 42.5 Å². The van der Waals surface area contributed by atoms with Gasteiger partial charge in [-0.2, -0.15) is 0 Å². The summed E-state index contributed by atoms with van der Waals surface area (Å²) >= 11 is 0. The molecule has 1 amide bonds. The number of anilines is 1. The van der Waals surface area contributed by atoms with Crippen LogP contribution in [-0.2, 0) is 16.0 Å². The van der Waals surface area contributed by atoms with Gasteiger partial charge in [-0.05, 0) is 66.3 Å². The first-order valence-corrected chi connectivity index (χ1v) is 10.3. The molecule has 0 aliphatic heterocycles. The molecule has 4 nitrogen and oxygen atoms in total. The summed E-state index contributed by atoms with van der Waals surface area (Å²) < 4.78 is 5.59. The number of ether oxygens (including phenoxy) is 1. The van der Waals surface area contributed by atoms with Gasteiger partial charge in [-0.3, -0.25) is 4.79 Å². The van der Waals surface area contributed by atoms with Crippen LogP contribution in [0.3, 0.4) is 0 Å². The highest BCUT2D eigenvalue weighted by Gasteiger charge is 2.18. The Kier molecular flexibility index (Phi) is 5.89. The Balaban J connectivity index is 1.36. The van der Waals surface area contributed by atoms with Crippen LogP contribution in [0.1, 0.15) is 48.0 Å². The van der Waals surface area contributed by atoms with Crippen molar-refractivity contribution in [2.24, 2.45) is 0 Å². The maximum absolute atomic E-state index is 12.5. The monoisotopic (exact) mass is 387 g/mol. The molecule has 0 bridgehead atoms. The number of esters is 1. The molecule has 0 heterocycles. The molecular weight excluding hydrogens is 362 g/mol. The van der Waals surface area contributed by atoms with Gasteiger partial charge in [-0.15, -0.1) is 0 Å². The molecule has 1 fully saturated rings. The van der Waals surface area contributed by atoms with Gasteiger partial charge in [0.15, 0.2) is 0 Å². The summed E-state index contributed by atoms with van der Waals surface area (Å²) in [7, 11) is 0. The topological polar surface area (TPSA) is 55.4 Å². The SMILES string of the molecule is O=C(Cc1cccc2ccccc12)Nc1ccc(C(=O)OC2CCCCC2)cc1. The summed E-state index contributed by atoms with van der Waals surface area (Å²) in [6.45, 7) is 0. The molecule has 0 radical (unpaired) electrons. The minimum atomic E-state index is -0.287. The quantitative estimate of drug-likeness (QED) is 0.587. The van der Waals surface area contributed by atoms with Crippen LogP contribution in [0.4, 0.5) is 5.69 Å². The zero-order valence-corrected chi connectivity index (χ0v) is 16.4. The van der Waals surface area contributed by atoms with E-state index < -0.39 is 0 Å². The van der Waals surface area contributed by atoms with Crippen LogP contribution in [0, 0.1) is 0 Å². The van der Waals surface area contributed by atoms with Crippen molar-refractivity contribution in [1.82, 2.24) is 0 Å². The van der Waals surface area contributed by atoms with E-state index in [4.69, 9.17) is 4.74 Å². The van der Waals surface area contributed by atoms with E-state index in [1.54, 1.807) is 24.3 Å². The largest absolute Gasteiger partial charge is 0.459 e. The minimum absolute atomic E-state index is 0.0383. The van der Waals surface area contributed by atoms with Crippen LogP contribution < -0.4 is 5.32 Å². The summed E-state index contributed by atoms with van der Waals surface area (Å²) in [6, 6.07) is 21.0. The fourth-order valence-corrected chi connectivity index (χ4v) is 3.92. The minimum Gasteiger partial charge on any atom is -0.459 e. The van der Waals surface area contributed by atoms with Gasteiger partial charge in [0.25, 0.3) is 0 Å². The second-order valence-corrected chi connectivity index (χ2v) is 7.61. The highest BCUT2D eigenvalue weighted by atomic mass is 16.5. The third-order valence-corrected chi connectivity index (χ3v) is 5.46. The lowest BCUT2D eigenvalue weighted by Crippen LogP contribution is -2.21. The smallest absolute Gasteiger partial charge is 0.338 e. The molecule has 1 N–H and O–H groups in total. The van der Waals surface area contributed by atoms with E-state index in [1.165, 1.54) is 6.42 Å². The van der Waals surface area contributed by atoms with E-state index in [9.17, 15) is 9.59 Å². The lowest BCUT2D eigenvalue weighted by atomic mass is 9.98. The normalized spacial score (nSPS) is 14.5. The number of hydrogen-bond donors (Lipinski definition) is 1. The van der Waals surface area contributed by atoms with Crippen molar-refractivity contribution in [3.8, 4) is 0 Å². The van der Waals surface area contributed by atoms with Gasteiger partial charge in [0.05, 0.1) is 12.0 Å². The maximum Gasteiger partial charge on any atom is 0.338 e. The maximum atomic E-state index is 12.5. The Hall–Kier alpha value is -3.14. The summed E-state index contributed by atoms with van der Waals surface area (Å²) in [5.74, 6) is -0.371. The van der Waals surface area contributed by atoms with E-state index >= 15 is 0 Å². The van der Waals surface area contributed by atoms with Crippen molar-refractivity contribution in [1.29, 1.82) is 0 Å². The highest BCUT2D eigenvalue weighted by molar-refractivity contribution is 5.97. The highest BCUT2D eigenvalue weighted by Crippen LogP contribution is 2.22. The molecule has 4 heteroatoms. The lowest BCUT2D eigenvalue weighted by Gasteiger charge is -2.21. The van der Waals surface area contributed by atoms with Gasteiger partial charge in [-0.1, -0.05) is 48.9 Å². The third kappa shape index (κ3) is 4.83. The molecule has 0 saturated heterocycles. The van der Waals surface area contributed by atoms with Crippen molar-refractivity contribution in [3.05, 3.63) is 77.9 Å². The fourth-order valence-electron chi connectivity index (χ4n) is 3.92. The summed E-state index contributed by atoms with van der Waals surface area (Å²) in [5.41, 5.74) is 2.18. The van der Waals surface area contributed by atoms with Crippen molar-refractivity contribution < 1.29 is 14.3 Å². The standard InChI is InChI=1S/C25H25NO3/c27-24(17-20-9-6-8-18-7-4-5-12-23(18)20)26-21-15-13-19(14-16-21)25(28)29-22-10-2-1-3-11-22/h4-9,12-16,22H,1-3,10-11,17H2,(H,26,27). The van der Waals surface area contributed by atoms with Gasteiger partial charge in [-0.25, -0.2) is 4.79 Å². The van der Waals surface area contributed by atoms with E-state index in [2.05, 4.69) is 5.32 Å². The van der Waals surface area contributed by atoms with Crippen LogP contribution in [0.25, 0.3) is 10.8 Å². The second kappa shape index (κ2) is 8.91. The van der Waals surface area contributed by atoms with Gasteiger partial charge < -0.3 is 10.1 Å². The van der Waals surface area contributed by atoms with Gasteiger partial charge >= 0.3 is 5.97 Å². The number of carbonyl (C=O) groups excluding carboxylic acids is 2. The molecule has 1 aliphatic carbocycles. The zero-order valence-electron chi connectivity index (χ0n) is 16.4. The molecule has 3 aromatic carbocycles. The Morgan fingerprint density at radius 3 is 2.38 bits per heavy atom. The molecule has 3 aromatic rings. The van der Waals surface area contributed by atoms with Crippen molar-refractivity contribution >= 4 is 28.3 Å². The first-order valence-electron chi connectivity index (χ1n) is 10.3. The molecule has 0 atom stereocenters. The van der Waals surface area contributed by atoms with Crippen molar-refractivity contribution in [3.63, 3.8) is 0 Å². The molecule has 148 valence electrons. The number of carbonyl (C=O) groups is 2. The van der Waals surface area contributed by atoms with Gasteiger partial charge in [0.1, 0.15) is 6.10 Å². The molecular formula is C25H25NO3. The van der Waals surface area contributed by atoms with Crippen molar-refractivity contribution in [2.75, 3.05) is 5.32 Å². The average Bonchev–Trinajstić information content (AvgIpc) is 2.75. The zero-order chi connectivity index (χ0) is 20.1. The molecule has 29 heavy (non-hydrogen) atoms. The summed E-state index contributed by atoms with van der Waals surface area (Å²) in [5, 5.41) is 5.12. The van der Waals surface area contributed by atoms with E-state index in [0.29, 0.717) is 17.7 Å². The van der Waals surface area contributed by atoms with Gasteiger partial charge in [0, 0.05) is 5.69 Å². The summed E-state index contributed by atoms with van der Waals surface area (Å²) in [6.07, 6.45) is 5.71. The Morgan fingerprint density at radius 1 is 0.862 bits per heavy atom. The van der Waals surface area contributed by atoms with Crippen molar-refractivity contribution in [2.45, 2.75) is 44.6 Å². The first-order chi connectivity index (χ1) is 14.2. The van der Waals surface area contributed by atoms with Crippen LogP contribution in [0.2, 0.25) is 0 Å². The number of fused-ring (bicyclic) bond motifs is 1. The molecule has 4 rings (SSSR count). The average molecular weight is 387 g/mol. The number of benzene rings is 3.